The Morgan fingerprint density at radius 1 is 1.26 bits per heavy atom. The minimum Gasteiger partial charge on any atom is -0.493 e. The molecule has 2 N–H and O–H groups in total. The van der Waals surface area contributed by atoms with Gasteiger partial charge in [-0.2, -0.15) is 0 Å². The van der Waals surface area contributed by atoms with E-state index in [-0.39, 0.29) is 17.0 Å². The minimum atomic E-state index is -0.446. The van der Waals surface area contributed by atoms with Crippen LogP contribution in [0.4, 0.5) is 10.1 Å². The van der Waals surface area contributed by atoms with Gasteiger partial charge in [0.25, 0.3) is 5.91 Å². The second-order valence-corrected chi connectivity index (χ2v) is 6.68. The molecule has 0 heterocycles. The third kappa shape index (κ3) is 5.58. The molecule has 0 saturated heterocycles. The Balaban J connectivity index is 2.04. The normalized spacial score (nSPS) is 13.0. The molecule has 1 amide bonds. The minimum absolute atomic E-state index is 0.171. The van der Waals surface area contributed by atoms with Crippen LogP contribution in [0.15, 0.2) is 36.4 Å². The second-order valence-electron chi connectivity index (χ2n) is 6.28. The van der Waals surface area contributed by atoms with Crippen LogP contribution >= 0.6 is 11.6 Å². The number of carbonyl (C=O) groups is 1. The highest BCUT2D eigenvalue weighted by molar-refractivity contribution is 6.33. The number of methoxy groups -OCH3 is 1. The first kappa shape index (κ1) is 21.0. The number of ether oxygens (including phenoxy) is 2. The van der Waals surface area contributed by atoms with Gasteiger partial charge < -0.3 is 19.7 Å². The Labute approximate surface area is 164 Å². The van der Waals surface area contributed by atoms with Crippen LogP contribution in [0.25, 0.3) is 0 Å². The molecule has 0 radical (unpaired) electrons. The number of likely N-dealkylation sites (N-methyl/N-ethyl adjacent to an activating group) is 1. The van der Waals surface area contributed by atoms with Crippen LogP contribution in [0.5, 0.6) is 11.5 Å². The largest absolute Gasteiger partial charge is 0.493 e. The van der Waals surface area contributed by atoms with E-state index in [1.54, 1.807) is 7.11 Å². The average molecular weight is 396 g/mol. The summed E-state index contributed by atoms with van der Waals surface area (Å²) in [5, 5.41) is 2.92. The van der Waals surface area contributed by atoms with Gasteiger partial charge in [-0.05, 0) is 50.2 Å². The number of rotatable bonds is 8. The fourth-order valence-electron chi connectivity index (χ4n) is 2.63. The van der Waals surface area contributed by atoms with Gasteiger partial charge in [0.1, 0.15) is 12.4 Å². The van der Waals surface area contributed by atoms with Crippen molar-refractivity contribution in [1.82, 2.24) is 0 Å². The summed E-state index contributed by atoms with van der Waals surface area (Å²) < 4.78 is 24.0. The summed E-state index contributed by atoms with van der Waals surface area (Å²) in [5.74, 6) is 0.715. The van der Waals surface area contributed by atoms with Gasteiger partial charge in [0.15, 0.2) is 17.5 Å². The summed E-state index contributed by atoms with van der Waals surface area (Å²) in [6.07, 6.45) is 0. The van der Waals surface area contributed by atoms with Crippen LogP contribution in [-0.2, 0) is 11.3 Å². The monoisotopic (exact) mass is 395 g/mol. The van der Waals surface area contributed by atoms with Gasteiger partial charge in [-0.1, -0.05) is 11.6 Å². The molecule has 0 aliphatic heterocycles. The molecule has 2 rings (SSSR count). The van der Waals surface area contributed by atoms with Gasteiger partial charge in [0.05, 0.1) is 31.5 Å². The molecule has 0 aromatic heterocycles. The first-order valence-corrected chi connectivity index (χ1v) is 9.11. The third-order valence-electron chi connectivity index (χ3n) is 4.33. The molecule has 0 fully saturated rings. The van der Waals surface area contributed by atoms with E-state index in [0.717, 1.165) is 10.5 Å². The summed E-state index contributed by atoms with van der Waals surface area (Å²) in [7, 11) is 3.53. The average Bonchev–Trinajstić information content (AvgIpc) is 2.64. The molecule has 0 saturated carbocycles. The van der Waals surface area contributed by atoms with Gasteiger partial charge in [0.2, 0.25) is 0 Å². The Bertz CT molecular complexity index is 801. The van der Waals surface area contributed by atoms with Crippen LogP contribution in [-0.4, -0.2) is 32.7 Å². The Kier molecular flexibility index (Phi) is 7.45. The number of nitrogens with one attached hydrogen (secondary N) is 2. The number of benzene rings is 2. The van der Waals surface area contributed by atoms with Crippen molar-refractivity contribution in [3.05, 3.63) is 52.8 Å². The van der Waals surface area contributed by atoms with E-state index in [1.807, 2.05) is 39.1 Å². The van der Waals surface area contributed by atoms with Gasteiger partial charge in [-0.3, -0.25) is 4.79 Å². The number of hydrogen-bond acceptors (Lipinski definition) is 3. The molecule has 0 spiro atoms. The molecule has 2 aromatic rings. The maximum Gasteiger partial charge on any atom is 0.282 e. The van der Waals surface area contributed by atoms with Gasteiger partial charge >= 0.3 is 0 Å². The predicted molar refractivity (Wildman–Crippen MR) is 104 cm³/mol. The molecule has 1 unspecified atom stereocenters. The number of anilines is 1. The van der Waals surface area contributed by atoms with Crippen LogP contribution in [0.3, 0.4) is 0 Å². The first-order valence-electron chi connectivity index (χ1n) is 8.73. The van der Waals surface area contributed by atoms with Gasteiger partial charge in [0, 0.05) is 5.56 Å². The quantitative estimate of drug-likeness (QED) is 0.722. The van der Waals surface area contributed by atoms with Crippen LogP contribution in [0.1, 0.15) is 19.4 Å². The van der Waals surface area contributed by atoms with Crippen molar-refractivity contribution < 1.29 is 23.6 Å². The van der Waals surface area contributed by atoms with Crippen LogP contribution in [0, 0.1) is 5.82 Å². The number of quaternary nitrogens is 1. The Morgan fingerprint density at radius 3 is 2.63 bits per heavy atom. The van der Waals surface area contributed by atoms with E-state index in [4.69, 9.17) is 21.1 Å². The smallest absolute Gasteiger partial charge is 0.282 e. The lowest BCUT2D eigenvalue weighted by Gasteiger charge is -2.22. The molecule has 2 aromatic carbocycles. The fraction of sp³-hybridized carbons (Fsp3) is 0.350. The Morgan fingerprint density at radius 2 is 2.00 bits per heavy atom. The highest BCUT2D eigenvalue weighted by atomic mass is 35.5. The fourth-order valence-corrected chi connectivity index (χ4v) is 2.84. The highest BCUT2D eigenvalue weighted by Crippen LogP contribution is 2.27. The van der Waals surface area contributed by atoms with Crippen molar-refractivity contribution in [2.45, 2.75) is 26.4 Å². The molecule has 0 bridgehead atoms. The van der Waals surface area contributed by atoms with E-state index in [9.17, 15) is 9.18 Å². The maximum atomic E-state index is 13.1. The molecule has 27 heavy (non-hydrogen) atoms. The van der Waals surface area contributed by atoms with E-state index in [0.29, 0.717) is 30.3 Å². The molecule has 0 aliphatic carbocycles. The lowest BCUT2D eigenvalue weighted by molar-refractivity contribution is -0.907. The molecule has 5 nitrogen and oxygen atoms in total. The van der Waals surface area contributed by atoms with E-state index in [1.165, 1.54) is 18.2 Å². The van der Waals surface area contributed by atoms with Crippen molar-refractivity contribution >= 4 is 23.2 Å². The SMILES string of the molecule is CCOc1ccc(C[NH+](C)[C@H](C)C(=O)Nc2ccc(F)cc2Cl)cc1OC. The van der Waals surface area contributed by atoms with Crippen molar-refractivity contribution in [1.29, 1.82) is 0 Å². The van der Waals surface area contributed by atoms with Crippen molar-refractivity contribution in [3.63, 3.8) is 0 Å². The zero-order chi connectivity index (χ0) is 20.0. The van der Waals surface area contributed by atoms with Crippen LogP contribution in [0.2, 0.25) is 5.02 Å². The lowest BCUT2D eigenvalue weighted by atomic mass is 10.1. The topological polar surface area (TPSA) is 52.0 Å². The van der Waals surface area contributed by atoms with Crippen molar-refractivity contribution in [2.75, 3.05) is 26.1 Å². The first-order chi connectivity index (χ1) is 12.8. The third-order valence-corrected chi connectivity index (χ3v) is 4.65. The van der Waals surface area contributed by atoms with Crippen molar-refractivity contribution in [2.24, 2.45) is 0 Å². The molecule has 0 aliphatic rings. The molecule has 146 valence electrons. The van der Waals surface area contributed by atoms with Gasteiger partial charge in [-0.25, -0.2) is 4.39 Å². The number of hydrogen-bond donors (Lipinski definition) is 2. The second kappa shape index (κ2) is 9.58. The summed E-state index contributed by atoms with van der Waals surface area (Å²) in [5.41, 5.74) is 1.41. The van der Waals surface area contributed by atoms with E-state index in [2.05, 4.69) is 5.32 Å². The molecular formula is C20H25ClFN2O3+. The highest BCUT2D eigenvalue weighted by Gasteiger charge is 2.23. The van der Waals surface area contributed by atoms with E-state index >= 15 is 0 Å². The lowest BCUT2D eigenvalue weighted by Crippen LogP contribution is -3.12. The number of carbonyl (C=O) groups excluding carboxylic acids is 1. The number of amides is 1. The van der Waals surface area contributed by atoms with Crippen LogP contribution < -0.4 is 19.7 Å². The van der Waals surface area contributed by atoms with Gasteiger partial charge in [-0.15, -0.1) is 0 Å². The summed E-state index contributed by atoms with van der Waals surface area (Å²) in [6, 6.07) is 9.28. The van der Waals surface area contributed by atoms with Crippen molar-refractivity contribution in [3.8, 4) is 11.5 Å². The number of halogens is 2. The summed E-state index contributed by atoms with van der Waals surface area (Å²) in [4.78, 5) is 13.5. The molecule has 7 heteroatoms. The molecular weight excluding hydrogens is 371 g/mol. The standard InChI is InChI=1S/C20H24ClFN2O3/c1-5-27-18-9-6-14(10-19(18)26-4)12-24(3)13(2)20(25)23-17-8-7-15(22)11-16(17)21/h6-11,13H,5,12H2,1-4H3,(H,23,25)/p+1/t13-/m1/s1. The zero-order valence-corrected chi connectivity index (χ0v) is 16.7. The zero-order valence-electron chi connectivity index (χ0n) is 15.9. The maximum absolute atomic E-state index is 13.1. The Hall–Kier alpha value is -2.31. The molecule has 2 atom stereocenters. The summed E-state index contributed by atoms with van der Waals surface area (Å²) in [6.45, 7) is 4.92. The summed E-state index contributed by atoms with van der Waals surface area (Å²) >= 11 is 5.97. The predicted octanol–water partition coefficient (Wildman–Crippen LogP) is 2.93. The van der Waals surface area contributed by atoms with E-state index < -0.39 is 5.82 Å².